The van der Waals surface area contributed by atoms with Gasteiger partial charge in [-0.3, -0.25) is 9.59 Å². The van der Waals surface area contributed by atoms with E-state index in [0.717, 1.165) is 39.0 Å². The molecule has 0 N–H and O–H groups in total. The molecule has 0 radical (unpaired) electrons. The Bertz CT molecular complexity index is 1550. The molecule has 1 saturated carbocycles. The summed E-state index contributed by atoms with van der Waals surface area (Å²) < 4.78 is 0. The molecule has 0 heterocycles. The highest BCUT2D eigenvalue weighted by Gasteiger charge is 2.72. The summed E-state index contributed by atoms with van der Waals surface area (Å²) in [5.41, 5.74) is 6.44. The number of fused-ring (bicyclic) bond motifs is 5. The van der Waals surface area contributed by atoms with Crippen LogP contribution in [0.1, 0.15) is 22.3 Å². The van der Waals surface area contributed by atoms with Crippen molar-refractivity contribution in [1.82, 2.24) is 0 Å². The van der Waals surface area contributed by atoms with E-state index in [1.807, 2.05) is 78.9 Å². The molecule has 7 rings (SSSR count). The van der Waals surface area contributed by atoms with E-state index < -0.39 is 23.2 Å². The minimum Gasteiger partial charge on any atom is -0.298 e. The third-order valence-corrected chi connectivity index (χ3v) is 8.30. The zero-order valence-electron chi connectivity index (χ0n) is 19.7. The van der Waals surface area contributed by atoms with Crippen molar-refractivity contribution in [3.8, 4) is 0 Å². The zero-order valence-corrected chi connectivity index (χ0v) is 19.7. The van der Waals surface area contributed by atoms with Gasteiger partial charge >= 0.3 is 0 Å². The molecule has 2 heteroatoms. The first-order valence-corrected chi connectivity index (χ1v) is 12.5. The minimum atomic E-state index is -0.731. The molecule has 0 unspecified atom stereocenters. The van der Waals surface area contributed by atoms with Crippen LogP contribution in [0, 0.1) is 17.8 Å². The number of allylic oxidation sites excluding steroid dienone is 4. The predicted octanol–water partition coefficient (Wildman–Crippen LogP) is 6.65. The minimum absolute atomic E-state index is 0.0547. The molecule has 0 saturated heterocycles. The molecule has 1 fully saturated rings. The highest BCUT2D eigenvalue weighted by Crippen LogP contribution is 2.71. The van der Waals surface area contributed by atoms with Crippen LogP contribution in [0.3, 0.4) is 0 Å². The van der Waals surface area contributed by atoms with Crippen LogP contribution in [0.25, 0.3) is 16.7 Å². The molecule has 4 aromatic rings. The molecule has 172 valence electrons. The SMILES string of the molecule is O=C1[C@H]2C(c3ccccc3)=C(c3ccccc3)[C@H]1[C@@]1(c3ccccc3)C(c3ccccc3)=CC(=O)[C@H]21. The van der Waals surface area contributed by atoms with Gasteiger partial charge in [0, 0.05) is 5.41 Å². The van der Waals surface area contributed by atoms with Crippen molar-refractivity contribution in [2.45, 2.75) is 5.41 Å². The summed E-state index contributed by atoms with van der Waals surface area (Å²) in [4.78, 5) is 28.4. The first-order valence-electron chi connectivity index (χ1n) is 12.5. The van der Waals surface area contributed by atoms with E-state index in [0.29, 0.717) is 0 Å². The molecule has 0 aliphatic heterocycles. The highest BCUT2D eigenvalue weighted by atomic mass is 16.1. The molecule has 0 aromatic heterocycles. The Labute approximate surface area is 210 Å². The van der Waals surface area contributed by atoms with Gasteiger partial charge in [0.25, 0.3) is 0 Å². The topological polar surface area (TPSA) is 34.1 Å². The van der Waals surface area contributed by atoms with E-state index in [1.165, 1.54) is 0 Å². The average Bonchev–Trinajstić information content (AvgIpc) is 3.52. The Morgan fingerprint density at radius 2 is 1.00 bits per heavy atom. The van der Waals surface area contributed by atoms with Gasteiger partial charge in [-0.15, -0.1) is 0 Å². The van der Waals surface area contributed by atoms with Crippen LogP contribution in [0.5, 0.6) is 0 Å². The third-order valence-electron chi connectivity index (χ3n) is 8.30. The Hall–Kier alpha value is -4.30. The maximum atomic E-state index is 14.4. The fourth-order valence-electron chi connectivity index (χ4n) is 7.12. The molecule has 36 heavy (non-hydrogen) atoms. The average molecular weight is 465 g/mol. The maximum absolute atomic E-state index is 14.4. The predicted molar refractivity (Wildman–Crippen MR) is 143 cm³/mol. The van der Waals surface area contributed by atoms with E-state index in [-0.39, 0.29) is 11.6 Å². The van der Waals surface area contributed by atoms with Crippen LogP contribution in [-0.2, 0) is 15.0 Å². The first-order chi connectivity index (χ1) is 17.7. The molecule has 4 aromatic carbocycles. The van der Waals surface area contributed by atoms with Crippen molar-refractivity contribution in [3.63, 3.8) is 0 Å². The quantitative estimate of drug-likeness (QED) is 0.339. The zero-order chi connectivity index (χ0) is 24.3. The van der Waals surface area contributed by atoms with Crippen molar-refractivity contribution >= 4 is 28.3 Å². The maximum Gasteiger partial charge on any atom is 0.161 e. The summed E-state index contributed by atoms with van der Waals surface area (Å²) in [5, 5.41) is 0. The molecule has 0 amide bonds. The van der Waals surface area contributed by atoms with Crippen LogP contribution in [-0.4, -0.2) is 11.6 Å². The fraction of sp³-hybridized carbons (Fsp3) is 0.118. The second-order valence-corrected chi connectivity index (χ2v) is 9.91. The van der Waals surface area contributed by atoms with Crippen LogP contribution in [0.15, 0.2) is 127 Å². The summed E-state index contributed by atoms with van der Waals surface area (Å²) in [5.74, 6) is -1.14. The van der Waals surface area contributed by atoms with Gasteiger partial charge in [0.1, 0.15) is 5.78 Å². The van der Waals surface area contributed by atoms with Crippen molar-refractivity contribution in [1.29, 1.82) is 0 Å². The Kier molecular flexibility index (Phi) is 4.59. The van der Waals surface area contributed by atoms with E-state index in [1.54, 1.807) is 0 Å². The molecular formula is C34H24O2. The highest BCUT2D eigenvalue weighted by molar-refractivity contribution is 6.26. The second-order valence-electron chi connectivity index (χ2n) is 9.91. The van der Waals surface area contributed by atoms with Crippen molar-refractivity contribution < 1.29 is 9.59 Å². The molecule has 3 aliphatic rings. The van der Waals surface area contributed by atoms with E-state index in [2.05, 4.69) is 48.5 Å². The number of rotatable bonds is 4. The first kappa shape index (κ1) is 21.0. The molecular weight excluding hydrogens is 440 g/mol. The van der Waals surface area contributed by atoms with Crippen LogP contribution >= 0.6 is 0 Å². The van der Waals surface area contributed by atoms with Gasteiger partial charge in [0.15, 0.2) is 5.78 Å². The smallest absolute Gasteiger partial charge is 0.161 e. The van der Waals surface area contributed by atoms with Gasteiger partial charge in [-0.1, -0.05) is 121 Å². The number of ketones is 2. The monoisotopic (exact) mass is 464 g/mol. The lowest BCUT2D eigenvalue weighted by Crippen LogP contribution is -2.42. The van der Waals surface area contributed by atoms with Crippen LogP contribution < -0.4 is 0 Å². The van der Waals surface area contributed by atoms with Gasteiger partial charge in [-0.25, -0.2) is 0 Å². The third kappa shape index (κ3) is 2.67. The number of hydrogen-bond donors (Lipinski definition) is 0. The van der Waals surface area contributed by atoms with Crippen molar-refractivity contribution in [2.75, 3.05) is 0 Å². The van der Waals surface area contributed by atoms with Gasteiger partial charge in [0.2, 0.25) is 0 Å². The summed E-state index contributed by atoms with van der Waals surface area (Å²) in [7, 11) is 0. The largest absolute Gasteiger partial charge is 0.298 e. The molecule has 2 nitrogen and oxygen atoms in total. The number of Topliss-reactive ketones (excluding diaryl/α,β-unsaturated/α-hetero) is 1. The molecule has 2 bridgehead atoms. The van der Waals surface area contributed by atoms with Crippen molar-refractivity contribution in [2.24, 2.45) is 17.8 Å². The summed E-state index contributed by atoms with van der Waals surface area (Å²) >= 11 is 0. The standard InChI is InChI=1S/C34H24O2/c35-27-21-26(22-13-5-1-6-14-22)34(25-19-11-4-12-20-25)31(27)30-28(23-15-7-2-8-16-23)29(32(34)33(30)36)24-17-9-3-10-18-24/h1-21,30-32H/t30-,31+,32+,34-/m0/s1. The van der Waals surface area contributed by atoms with Gasteiger partial charge in [0.05, 0.1) is 17.8 Å². The van der Waals surface area contributed by atoms with Gasteiger partial charge < -0.3 is 0 Å². The van der Waals surface area contributed by atoms with Gasteiger partial charge in [-0.2, -0.15) is 0 Å². The Morgan fingerprint density at radius 3 is 1.56 bits per heavy atom. The fourth-order valence-corrected chi connectivity index (χ4v) is 7.12. The lowest BCUT2D eigenvalue weighted by atomic mass is 9.57. The lowest BCUT2D eigenvalue weighted by molar-refractivity contribution is -0.124. The molecule has 0 spiro atoms. The molecule has 3 aliphatic carbocycles. The van der Waals surface area contributed by atoms with Gasteiger partial charge in [-0.05, 0) is 45.0 Å². The lowest BCUT2D eigenvalue weighted by Gasteiger charge is -2.43. The summed E-state index contributed by atoms with van der Waals surface area (Å²) in [6, 6.07) is 40.8. The molecule has 4 atom stereocenters. The van der Waals surface area contributed by atoms with E-state index in [9.17, 15) is 9.59 Å². The number of benzene rings is 4. The number of carbonyl (C=O) groups excluding carboxylic acids is 2. The normalized spacial score (nSPS) is 26.3. The second kappa shape index (κ2) is 7.86. The Balaban J connectivity index is 1.59. The number of carbonyl (C=O) groups is 2. The van der Waals surface area contributed by atoms with Crippen molar-refractivity contribution in [3.05, 3.63) is 150 Å². The van der Waals surface area contributed by atoms with Crippen LogP contribution in [0.4, 0.5) is 0 Å². The number of hydrogen-bond acceptors (Lipinski definition) is 2. The summed E-state index contributed by atoms with van der Waals surface area (Å²) in [6.07, 6.45) is 1.83. The van der Waals surface area contributed by atoms with Crippen LogP contribution in [0.2, 0.25) is 0 Å². The Morgan fingerprint density at radius 1 is 0.528 bits per heavy atom. The van der Waals surface area contributed by atoms with E-state index in [4.69, 9.17) is 0 Å². The van der Waals surface area contributed by atoms with E-state index >= 15 is 0 Å². The summed E-state index contributed by atoms with van der Waals surface area (Å²) in [6.45, 7) is 0.